The van der Waals surface area contributed by atoms with Crippen molar-refractivity contribution >= 4 is 5.95 Å². The van der Waals surface area contributed by atoms with Crippen LogP contribution in [0.15, 0.2) is 6.20 Å². The third-order valence-electron chi connectivity index (χ3n) is 2.89. The number of hydrogen-bond acceptors (Lipinski definition) is 4. The summed E-state index contributed by atoms with van der Waals surface area (Å²) < 4.78 is 0. The zero-order chi connectivity index (χ0) is 10.7. The smallest absolute Gasteiger partial charge is 0.222 e. The highest BCUT2D eigenvalue weighted by atomic mass is 15.1. The number of anilines is 1. The Morgan fingerprint density at radius 1 is 1.53 bits per heavy atom. The molecular weight excluding hydrogens is 188 g/mol. The van der Waals surface area contributed by atoms with Crippen LogP contribution in [0.1, 0.15) is 24.1 Å². The summed E-state index contributed by atoms with van der Waals surface area (Å²) in [5.74, 6) is 0.742. The molecule has 2 rings (SSSR count). The van der Waals surface area contributed by atoms with E-state index in [0.29, 0.717) is 6.04 Å². The van der Waals surface area contributed by atoms with Crippen molar-refractivity contribution in [3.05, 3.63) is 17.5 Å². The second kappa shape index (κ2) is 4.57. The van der Waals surface area contributed by atoms with Crippen molar-refractivity contribution in [1.82, 2.24) is 15.3 Å². The minimum atomic E-state index is 0.579. The third-order valence-corrected chi connectivity index (χ3v) is 2.89. The maximum absolute atomic E-state index is 4.38. The Morgan fingerprint density at radius 3 is 3.07 bits per heavy atom. The molecule has 1 saturated heterocycles. The van der Waals surface area contributed by atoms with Gasteiger partial charge < -0.3 is 10.6 Å². The minimum absolute atomic E-state index is 0.579. The van der Waals surface area contributed by atoms with E-state index >= 15 is 0 Å². The molecule has 15 heavy (non-hydrogen) atoms. The first-order valence-corrected chi connectivity index (χ1v) is 5.53. The molecule has 4 nitrogen and oxygen atoms in total. The number of nitrogens with zero attached hydrogens (tertiary/aromatic N) is 2. The first kappa shape index (κ1) is 10.4. The van der Waals surface area contributed by atoms with Crippen LogP contribution in [0.25, 0.3) is 0 Å². The van der Waals surface area contributed by atoms with Gasteiger partial charge in [0.15, 0.2) is 0 Å². The first-order chi connectivity index (χ1) is 7.25. The summed E-state index contributed by atoms with van der Waals surface area (Å²) in [6, 6.07) is 0.579. The lowest BCUT2D eigenvalue weighted by Crippen LogP contribution is -2.29. The van der Waals surface area contributed by atoms with Crippen LogP contribution in [0.4, 0.5) is 5.95 Å². The van der Waals surface area contributed by atoms with Crippen molar-refractivity contribution in [3.8, 4) is 0 Å². The van der Waals surface area contributed by atoms with E-state index in [0.717, 1.165) is 30.3 Å². The van der Waals surface area contributed by atoms with E-state index in [-0.39, 0.29) is 0 Å². The summed E-state index contributed by atoms with van der Waals surface area (Å²) >= 11 is 0. The Morgan fingerprint density at radius 2 is 2.40 bits per heavy atom. The molecule has 0 bridgehead atoms. The summed E-state index contributed by atoms with van der Waals surface area (Å²) in [5, 5.41) is 6.70. The van der Waals surface area contributed by atoms with Crippen molar-refractivity contribution in [1.29, 1.82) is 0 Å². The largest absolute Gasteiger partial charge is 0.353 e. The predicted octanol–water partition coefficient (Wildman–Crippen LogP) is 1.26. The molecule has 2 heterocycles. The zero-order valence-corrected chi connectivity index (χ0v) is 9.38. The van der Waals surface area contributed by atoms with Crippen LogP contribution in [0.2, 0.25) is 0 Å². The van der Waals surface area contributed by atoms with E-state index in [1.165, 1.54) is 12.8 Å². The molecule has 0 aromatic carbocycles. The molecule has 1 aliphatic heterocycles. The Hall–Kier alpha value is -1.16. The van der Waals surface area contributed by atoms with Crippen LogP contribution in [-0.2, 0) is 0 Å². The zero-order valence-electron chi connectivity index (χ0n) is 9.38. The fourth-order valence-corrected chi connectivity index (χ4v) is 1.76. The van der Waals surface area contributed by atoms with Crippen molar-refractivity contribution < 1.29 is 0 Å². The van der Waals surface area contributed by atoms with Gasteiger partial charge in [0, 0.05) is 24.5 Å². The van der Waals surface area contributed by atoms with Gasteiger partial charge in [-0.05, 0) is 38.8 Å². The second-order valence-corrected chi connectivity index (χ2v) is 4.14. The van der Waals surface area contributed by atoms with Gasteiger partial charge in [0.05, 0.1) is 0 Å². The van der Waals surface area contributed by atoms with Gasteiger partial charge in [0.25, 0.3) is 0 Å². The van der Waals surface area contributed by atoms with Gasteiger partial charge in [0.2, 0.25) is 5.95 Å². The molecule has 1 atom stereocenters. The molecular formula is C11H18N4. The molecule has 2 N–H and O–H groups in total. The van der Waals surface area contributed by atoms with Gasteiger partial charge in [0.1, 0.15) is 0 Å². The molecule has 1 aromatic heterocycles. The predicted molar refractivity (Wildman–Crippen MR) is 61.0 cm³/mol. The number of hydrogen-bond donors (Lipinski definition) is 2. The van der Waals surface area contributed by atoms with Crippen LogP contribution < -0.4 is 10.6 Å². The van der Waals surface area contributed by atoms with Gasteiger partial charge >= 0.3 is 0 Å². The lowest BCUT2D eigenvalue weighted by atomic mass is 10.2. The Bertz CT molecular complexity index is 331. The maximum atomic E-state index is 4.38. The summed E-state index contributed by atoms with van der Waals surface area (Å²) in [6.45, 7) is 6.09. The average Bonchev–Trinajstić information content (AvgIpc) is 2.73. The van der Waals surface area contributed by atoms with Crippen molar-refractivity contribution in [3.63, 3.8) is 0 Å². The van der Waals surface area contributed by atoms with Crippen LogP contribution in [-0.4, -0.2) is 29.1 Å². The number of nitrogens with one attached hydrogen (secondary N) is 2. The summed E-state index contributed by atoms with van der Waals surface area (Å²) in [5.41, 5.74) is 2.19. The molecule has 0 spiro atoms. The molecule has 0 radical (unpaired) electrons. The summed E-state index contributed by atoms with van der Waals surface area (Å²) in [6.07, 6.45) is 4.39. The molecule has 1 aromatic rings. The van der Waals surface area contributed by atoms with Crippen LogP contribution in [0.3, 0.4) is 0 Å². The Labute approximate surface area is 90.5 Å². The lowest BCUT2D eigenvalue weighted by molar-refractivity contribution is 0.631. The summed E-state index contributed by atoms with van der Waals surface area (Å²) in [4.78, 5) is 8.63. The Kier molecular flexibility index (Phi) is 3.16. The highest BCUT2D eigenvalue weighted by Gasteiger charge is 2.13. The number of rotatable bonds is 3. The van der Waals surface area contributed by atoms with E-state index in [1.54, 1.807) is 0 Å². The normalized spacial score (nSPS) is 20.5. The van der Waals surface area contributed by atoms with E-state index in [1.807, 2.05) is 20.0 Å². The summed E-state index contributed by atoms with van der Waals surface area (Å²) in [7, 11) is 0. The highest BCUT2D eigenvalue weighted by Crippen LogP contribution is 2.08. The SMILES string of the molecule is Cc1cnc(NCC2CCCN2)nc1C. The van der Waals surface area contributed by atoms with E-state index in [9.17, 15) is 0 Å². The monoisotopic (exact) mass is 206 g/mol. The molecule has 4 heteroatoms. The van der Waals surface area contributed by atoms with Crippen LogP contribution >= 0.6 is 0 Å². The molecule has 1 aliphatic rings. The minimum Gasteiger partial charge on any atom is -0.353 e. The third kappa shape index (κ3) is 2.65. The fraction of sp³-hybridized carbons (Fsp3) is 0.636. The lowest BCUT2D eigenvalue weighted by Gasteiger charge is -2.11. The fourth-order valence-electron chi connectivity index (χ4n) is 1.76. The standard InChI is InChI=1S/C11H18N4/c1-8-6-13-11(15-9(8)2)14-7-10-4-3-5-12-10/h6,10,12H,3-5,7H2,1-2H3,(H,13,14,15). The van der Waals surface area contributed by atoms with Gasteiger partial charge in [-0.3, -0.25) is 0 Å². The van der Waals surface area contributed by atoms with Gasteiger partial charge in [-0.15, -0.1) is 0 Å². The topological polar surface area (TPSA) is 49.8 Å². The van der Waals surface area contributed by atoms with Crippen molar-refractivity contribution in [2.24, 2.45) is 0 Å². The molecule has 0 amide bonds. The molecule has 0 saturated carbocycles. The highest BCUT2D eigenvalue weighted by molar-refractivity contribution is 5.28. The number of aryl methyl sites for hydroxylation is 2. The van der Waals surface area contributed by atoms with E-state index in [2.05, 4.69) is 20.6 Å². The molecule has 0 aliphatic carbocycles. The van der Waals surface area contributed by atoms with E-state index in [4.69, 9.17) is 0 Å². The van der Waals surface area contributed by atoms with Gasteiger partial charge in [-0.2, -0.15) is 0 Å². The molecule has 82 valence electrons. The van der Waals surface area contributed by atoms with Crippen LogP contribution in [0, 0.1) is 13.8 Å². The Balaban J connectivity index is 1.90. The van der Waals surface area contributed by atoms with Gasteiger partial charge in [-0.25, -0.2) is 9.97 Å². The average molecular weight is 206 g/mol. The van der Waals surface area contributed by atoms with Crippen molar-refractivity contribution in [2.75, 3.05) is 18.4 Å². The first-order valence-electron chi connectivity index (χ1n) is 5.53. The van der Waals surface area contributed by atoms with E-state index < -0.39 is 0 Å². The van der Waals surface area contributed by atoms with Crippen molar-refractivity contribution in [2.45, 2.75) is 32.7 Å². The maximum Gasteiger partial charge on any atom is 0.222 e. The second-order valence-electron chi connectivity index (χ2n) is 4.14. The van der Waals surface area contributed by atoms with Crippen LogP contribution in [0.5, 0.6) is 0 Å². The molecule has 1 unspecified atom stereocenters. The number of aromatic nitrogens is 2. The quantitative estimate of drug-likeness (QED) is 0.781. The van der Waals surface area contributed by atoms with Gasteiger partial charge in [-0.1, -0.05) is 0 Å². The molecule has 1 fully saturated rings.